The minimum atomic E-state index is 0.0663. The molecule has 3 heterocycles. The van der Waals surface area contributed by atoms with Gasteiger partial charge in [-0.2, -0.15) is 0 Å². The Hall–Kier alpha value is -1.79. The molecule has 2 N–H and O–H groups in total. The molecule has 116 valence electrons. The number of thiazole rings is 1. The van der Waals surface area contributed by atoms with Crippen molar-refractivity contribution in [3.05, 3.63) is 35.5 Å². The lowest BCUT2D eigenvalue weighted by Gasteiger charge is -2.22. The maximum absolute atomic E-state index is 12.4. The fourth-order valence-electron chi connectivity index (χ4n) is 2.67. The summed E-state index contributed by atoms with van der Waals surface area (Å²) >= 11 is 1.53. The van der Waals surface area contributed by atoms with Crippen LogP contribution in [0.4, 0.5) is 0 Å². The quantitative estimate of drug-likeness (QED) is 0.936. The molecule has 0 spiro atoms. The molecule has 0 aliphatic carbocycles. The largest absolute Gasteiger partial charge is 0.342 e. The molecule has 1 amide bonds. The van der Waals surface area contributed by atoms with E-state index < -0.39 is 0 Å². The predicted molar refractivity (Wildman–Crippen MR) is 87.4 cm³/mol. The van der Waals surface area contributed by atoms with Crippen molar-refractivity contribution >= 4 is 17.2 Å². The molecule has 1 aliphatic rings. The van der Waals surface area contributed by atoms with Crippen molar-refractivity contribution in [2.24, 2.45) is 11.1 Å². The molecule has 1 unspecified atom stereocenters. The van der Waals surface area contributed by atoms with E-state index in [0.29, 0.717) is 13.0 Å². The van der Waals surface area contributed by atoms with E-state index in [2.05, 4.69) is 16.9 Å². The zero-order chi connectivity index (χ0) is 15.6. The normalized spacial score (nSPS) is 21.3. The Bertz CT molecular complexity index is 657. The number of rotatable bonds is 4. The molecule has 2 aromatic heterocycles. The van der Waals surface area contributed by atoms with E-state index in [1.165, 1.54) is 11.3 Å². The predicted octanol–water partition coefficient (Wildman–Crippen LogP) is 1.94. The van der Waals surface area contributed by atoms with Gasteiger partial charge in [-0.05, 0) is 30.5 Å². The van der Waals surface area contributed by atoms with Gasteiger partial charge in [0.2, 0.25) is 5.91 Å². The van der Waals surface area contributed by atoms with Crippen molar-refractivity contribution in [3.8, 4) is 10.7 Å². The highest BCUT2D eigenvalue weighted by molar-refractivity contribution is 7.13. The topological polar surface area (TPSA) is 72.1 Å². The Morgan fingerprint density at radius 2 is 2.36 bits per heavy atom. The molecule has 1 saturated heterocycles. The molecular formula is C16H20N4OS. The smallest absolute Gasteiger partial charge is 0.228 e. The van der Waals surface area contributed by atoms with Crippen LogP contribution >= 0.6 is 11.3 Å². The van der Waals surface area contributed by atoms with Gasteiger partial charge in [-0.1, -0.05) is 13.0 Å². The summed E-state index contributed by atoms with van der Waals surface area (Å²) in [6.07, 6.45) is 3.08. The molecule has 1 fully saturated rings. The second-order valence-corrected chi connectivity index (χ2v) is 6.97. The molecule has 3 rings (SSSR count). The van der Waals surface area contributed by atoms with Crippen LogP contribution in [0, 0.1) is 5.41 Å². The molecule has 1 aliphatic heterocycles. The third-order valence-corrected chi connectivity index (χ3v) is 5.09. The average molecular weight is 316 g/mol. The fraction of sp³-hybridized carbons (Fsp3) is 0.438. The van der Waals surface area contributed by atoms with E-state index in [-0.39, 0.29) is 11.3 Å². The number of carbonyl (C=O) groups excluding carboxylic acids is 1. The fourth-order valence-corrected chi connectivity index (χ4v) is 3.46. The van der Waals surface area contributed by atoms with Gasteiger partial charge in [0.1, 0.15) is 5.01 Å². The third-order valence-electron chi connectivity index (χ3n) is 4.17. The highest BCUT2D eigenvalue weighted by Crippen LogP contribution is 2.29. The van der Waals surface area contributed by atoms with Crippen LogP contribution < -0.4 is 5.73 Å². The molecule has 0 saturated carbocycles. The lowest BCUT2D eigenvalue weighted by atomic mass is 9.90. The Morgan fingerprint density at radius 1 is 1.50 bits per heavy atom. The number of likely N-dealkylation sites (tertiary alicyclic amines) is 1. The Balaban J connectivity index is 1.65. The summed E-state index contributed by atoms with van der Waals surface area (Å²) in [7, 11) is 0. The standard InChI is InChI=1S/C16H20N4OS/c1-16(10-17)5-7-20(11-16)14(21)8-12-9-22-15(19-12)13-4-2-3-6-18-13/h2-4,6,9H,5,7-8,10-11,17H2,1H3. The van der Waals surface area contributed by atoms with E-state index in [9.17, 15) is 4.79 Å². The minimum Gasteiger partial charge on any atom is -0.342 e. The summed E-state index contributed by atoms with van der Waals surface area (Å²) < 4.78 is 0. The van der Waals surface area contributed by atoms with Crippen molar-refractivity contribution in [2.45, 2.75) is 19.8 Å². The number of amides is 1. The number of hydrogen-bond donors (Lipinski definition) is 1. The number of hydrogen-bond acceptors (Lipinski definition) is 5. The van der Waals surface area contributed by atoms with Gasteiger partial charge in [-0.3, -0.25) is 9.78 Å². The average Bonchev–Trinajstić information content (AvgIpc) is 3.16. The minimum absolute atomic E-state index is 0.0663. The van der Waals surface area contributed by atoms with Gasteiger partial charge in [0, 0.05) is 24.7 Å². The van der Waals surface area contributed by atoms with E-state index in [1.54, 1.807) is 6.20 Å². The molecule has 5 nitrogen and oxygen atoms in total. The third kappa shape index (κ3) is 3.18. The highest BCUT2D eigenvalue weighted by atomic mass is 32.1. The first-order valence-corrected chi connectivity index (χ1v) is 8.31. The molecule has 0 aromatic carbocycles. The van der Waals surface area contributed by atoms with Crippen LogP contribution in [-0.4, -0.2) is 40.4 Å². The number of aromatic nitrogens is 2. The van der Waals surface area contributed by atoms with E-state index in [4.69, 9.17) is 5.73 Å². The van der Waals surface area contributed by atoms with Crippen LogP contribution in [0.3, 0.4) is 0 Å². The van der Waals surface area contributed by atoms with Crippen LogP contribution in [0.5, 0.6) is 0 Å². The molecule has 22 heavy (non-hydrogen) atoms. The number of nitrogens with two attached hydrogens (primary N) is 1. The second kappa shape index (κ2) is 6.14. The summed E-state index contributed by atoms with van der Waals surface area (Å²) in [6, 6.07) is 5.74. The first-order chi connectivity index (χ1) is 10.6. The van der Waals surface area contributed by atoms with Crippen LogP contribution in [0.15, 0.2) is 29.8 Å². The van der Waals surface area contributed by atoms with Crippen LogP contribution in [0.25, 0.3) is 10.7 Å². The monoisotopic (exact) mass is 316 g/mol. The number of nitrogens with zero attached hydrogens (tertiary/aromatic N) is 3. The van der Waals surface area contributed by atoms with Crippen LogP contribution in [0.1, 0.15) is 19.0 Å². The molecule has 1 atom stereocenters. The van der Waals surface area contributed by atoms with Crippen LogP contribution in [0.2, 0.25) is 0 Å². The van der Waals surface area contributed by atoms with Crippen molar-refractivity contribution in [1.29, 1.82) is 0 Å². The van der Waals surface area contributed by atoms with Gasteiger partial charge in [0.15, 0.2) is 0 Å². The zero-order valence-electron chi connectivity index (χ0n) is 12.7. The van der Waals surface area contributed by atoms with Gasteiger partial charge >= 0.3 is 0 Å². The zero-order valence-corrected chi connectivity index (χ0v) is 13.5. The van der Waals surface area contributed by atoms with Crippen LogP contribution in [-0.2, 0) is 11.2 Å². The SMILES string of the molecule is CC1(CN)CCN(C(=O)Cc2csc(-c3ccccn3)n2)C1. The summed E-state index contributed by atoms with van der Waals surface area (Å²) in [6.45, 7) is 4.31. The van der Waals surface area contributed by atoms with Gasteiger partial charge in [0.25, 0.3) is 0 Å². The second-order valence-electron chi connectivity index (χ2n) is 6.12. The van der Waals surface area contributed by atoms with Crippen molar-refractivity contribution in [1.82, 2.24) is 14.9 Å². The molecule has 0 bridgehead atoms. The molecule has 2 aromatic rings. The first-order valence-electron chi connectivity index (χ1n) is 7.43. The summed E-state index contributed by atoms with van der Waals surface area (Å²) in [5.41, 5.74) is 7.53. The Kier molecular flexibility index (Phi) is 4.22. The lowest BCUT2D eigenvalue weighted by molar-refractivity contribution is -0.129. The summed E-state index contributed by atoms with van der Waals surface area (Å²) in [5.74, 6) is 0.134. The van der Waals surface area contributed by atoms with Gasteiger partial charge in [-0.15, -0.1) is 11.3 Å². The maximum Gasteiger partial charge on any atom is 0.228 e. The Morgan fingerprint density at radius 3 is 3.05 bits per heavy atom. The van der Waals surface area contributed by atoms with Crippen molar-refractivity contribution in [3.63, 3.8) is 0 Å². The lowest BCUT2D eigenvalue weighted by Crippen LogP contribution is -2.35. The molecular weight excluding hydrogens is 296 g/mol. The van der Waals surface area contributed by atoms with E-state index in [0.717, 1.165) is 35.9 Å². The van der Waals surface area contributed by atoms with E-state index >= 15 is 0 Å². The van der Waals surface area contributed by atoms with Crippen molar-refractivity contribution < 1.29 is 4.79 Å². The summed E-state index contributed by atoms with van der Waals surface area (Å²) in [5, 5.41) is 2.80. The molecule has 0 radical (unpaired) electrons. The van der Waals surface area contributed by atoms with Gasteiger partial charge < -0.3 is 10.6 Å². The number of pyridine rings is 1. The number of carbonyl (C=O) groups is 1. The Labute approximate surface area is 134 Å². The maximum atomic E-state index is 12.4. The van der Waals surface area contributed by atoms with Gasteiger partial charge in [0.05, 0.1) is 17.8 Å². The highest BCUT2D eigenvalue weighted by Gasteiger charge is 2.34. The van der Waals surface area contributed by atoms with Crippen molar-refractivity contribution in [2.75, 3.05) is 19.6 Å². The van der Waals surface area contributed by atoms with E-state index in [1.807, 2.05) is 28.5 Å². The first kappa shape index (κ1) is 15.1. The molecule has 6 heteroatoms. The van der Waals surface area contributed by atoms with Gasteiger partial charge in [-0.25, -0.2) is 4.98 Å². The summed E-state index contributed by atoms with van der Waals surface area (Å²) in [4.78, 5) is 23.1.